The van der Waals surface area contributed by atoms with Gasteiger partial charge in [0.25, 0.3) is 0 Å². The maximum atomic E-state index is 11.6. The molecule has 1 amide bonds. The molecule has 4 nitrogen and oxygen atoms in total. The van der Waals surface area contributed by atoms with Crippen LogP contribution < -0.4 is 11.1 Å². The fourth-order valence-electron chi connectivity index (χ4n) is 1.23. The monoisotopic (exact) mass is 208 g/mol. The summed E-state index contributed by atoms with van der Waals surface area (Å²) in [6.45, 7) is 2.32. The van der Waals surface area contributed by atoms with Crippen LogP contribution in [0.2, 0.25) is 0 Å². The maximum absolute atomic E-state index is 11.6. The molecule has 1 aromatic carbocycles. The van der Waals surface area contributed by atoms with Crippen LogP contribution in [0.4, 0.5) is 5.69 Å². The molecular weight excluding hydrogens is 192 g/mol. The van der Waals surface area contributed by atoms with E-state index < -0.39 is 0 Å². The maximum Gasteiger partial charge on any atom is 0.227 e. The second-order valence-electron chi connectivity index (χ2n) is 3.52. The van der Waals surface area contributed by atoms with Crippen molar-refractivity contribution in [3.63, 3.8) is 0 Å². The van der Waals surface area contributed by atoms with Gasteiger partial charge in [-0.25, -0.2) is 0 Å². The van der Waals surface area contributed by atoms with Crippen LogP contribution in [0.5, 0.6) is 5.75 Å². The van der Waals surface area contributed by atoms with E-state index in [1.54, 1.807) is 18.2 Å². The van der Waals surface area contributed by atoms with E-state index in [9.17, 15) is 9.90 Å². The normalized spacial score (nSPS) is 12.1. The van der Waals surface area contributed by atoms with Crippen molar-refractivity contribution in [1.29, 1.82) is 0 Å². The second-order valence-corrected chi connectivity index (χ2v) is 3.52. The Balaban J connectivity index is 2.58. The summed E-state index contributed by atoms with van der Waals surface area (Å²) in [5.74, 6) is -0.0531. The van der Waals surface area contributed by atoms with Crippen molar-refractivity contribution in [2.24, 2.45) is 11.7 Å². The molecule has 1 aromatic rings. The minimum absolute atomic E-state index is 0.0777. The van der Waals surface area contributed by atoms with Gasteiger partial charge in [0.2, 0.25) is 5.91 Å². The zero-order valence-corrected chi connectivity index (χ0v) is 8.73. The third-order valence-corrected chi connectivity index (χ3v) is 2.16. The molecule has 0 saturated carbocycles. The van der Waals surface area contributed by atoms with Crippen LogP contribution in [-0.2, 0) is 4.79 Å². The van der Waals surface area contributed by atoms with E-state index >= 15 is 0 Å². The van der Waals surface area contributed by atoms with Gasteiger partial charge in [-0.15, -0.1) is 0 Å². The van der Waals surface area contributed by atoms with Gasteiger partial charge in [-0.1, -0.05) is 13.0 Å². The summed E-state index contributed by atoms with van der Waals surface area (Å²) in [7, 11) is 0. The number of anilines is 1. The van der Waals surface area contributed by atoms with Gasteiger partial charge in [-0.2, -0.15) is 0 Å². The summed E-state index contributed by atoms with van der Waals surface area (Å²) in [6, 6.07) is 6.47. The van der Waals surface area contributed by atoms with Crippen LogP contribution in [0.3, 0.4) is 0 Å². The Morgan fingerprint density at radius 2 is 2.33 bits per heavy atom. The summed E-state index contributed by atoms with van der Waals surface area (Å²) in [6.07, 6.45) is 0.657. The van der Waals surface area contributed by atoms with E-state index in [0.717, 1.165) is 0 Å². The van der Waals surface area contributed by atoms with Gasteiger partial charge in [-0.3, -0.25) is 4.79 Å². The number of nitrogens with two attached hydrogens (primary N) is 1. The molecule has 1 atom stereocenters. The van der Waals surface area contributed by atoms with E-state index in [2.05, 4.69) is 5.32 Å². The van der Waals surface area contributed by atoms with E-state index in [1.165, 1.54) is 6.07 Å². The summed E-state index contributed by atoms with van der Waals surface area (Å²) in [5, 5.41) is 11.9. The van der Waals surface area contributed by atoms with Gasteiger partial charge in [0, 0.05) is 17.7 Å². The highest BCUT2D eigenvalue weighted by molar-refractivity contribution is 5.92. The number of carbonyl (C=O) groups is 1. The van der Waals surface area contributed by atoms with Crippen LogP contribution in [0.1, 0.15) is 13.3 Å². The SMILES string of the molecule is CC(CCN)C(=O)Nc1cccc(O)c1. The summed E-state index contributed by atoms with van der Waals surface area (Å²) >= 11 is 0. The molecular formula is C11H16N2O2. The van der Waals surface area contributed by atoms with Crippen molar-refractivity contribution in [1.82, 2.24) is 0 Å². The number of rotatable bonds is 4. The van der Waals surface area contributed by atoms with Crippen LogP contribution in [0.15, 0.2) is 24.3 Å². The van der Waals surface area contributed by atoms with Gasteiger partial charge in [0.15, 0.2) is 0 Å². The molecule has 82 valence electrons. The lowest BCUT2D eigenvalue weighted by Gasteiger charge is -2.10. The molecule has 4 heteroatoms. The van der Waals surface area contributed by atoms with E-state index in [-0.39, 0.29) is 17.6 Å². The molecule has 0 radical (unpaired) electrons. The standard InChI is InChI=1S/C11H16N2O2/c1-8(5-6-12)11(15)13-9-3-2-4-10(14)7-9/h2-4,7-8,14H,5-6,12H2,1H3,(H,13,15). The first-order valence-electron chi connectivity index (χ1n) is 4.93. The largest absolute Gasteiger partial charge is 0.508 e. The predicted octanol–water partition coefficient (Wildman–Crippen LogP) is 1.32. The average molecular weight is 208 g/mol. The highest BCUT2D eigenvalue weighted by Gasteiger charge is 2.11. The third kappa shape index (κ3) is 3.59. The highest BCUT2D eigenvalue weighted by atomic mass is 16.3. The number of aromatic hydroxyl groups is 1. The molecule has 0 bridgehead atoms. The minimum atomic E-state index is -0.114. The van der Waals surface area contributed by atoms with Crippen LogP contribution in [0, 0.1) is 5.92 Å². The smallest absolute Gasteiger partial charge is 0.227 e. The number of phenols is 1. The van der Waals surface area contributed by atoms with Crippen molar-refractivity contribution >= 4 is 11.6 Å². The van der Waals surface area contributed by atoms with E-state index in [4.69, 9.17) is 5.73 Å². The van der Waals surface area contributed by atoms with E-state index in [1.807, 2.05) is 6.92 Å². The number of phenolic OH excluding ortho intramolecular Hbond substituents is 1. The second kappa shape index (κ2) is 5.36. The molecule has 0 aromatic heterocycles. The van der Waals surface area contributed by atoms with Crippen molar-refractivity contribution in [3.05, 3.63) is 24.3 Å². The molecule has 0 aliphatic rings. The van der Waals surface area contributed by atoms with Crippen LogP contribution >= 0.6 is 0 Å². The molecule has 0 aliphatic heterocycles. The lowest BCUT2D eigenvalue weighted by Crippen LogP contribution is -2.22. The van der Waals surface area contributed by atoms with Gasteiger partial charge in [0.05, 0.1) is 0 Å². The molecule has 1 unspecified atom stereocenters. The summed E-state index contributed by atoms with van der Waals surface area (Å²) in [5.41, 5.74) is 5.97. The fraction of sp³-hybridized carbons (Fsp3) is 0.364. The first-order chi connectivity index (χ1) is 7.13. The van der Waals surface area contributed by atoms with Crippen molar-refractivity contribution < 1.29 is 9.90 Å². The number of nitrogens with one attached hydrogen (secondary N) is 1. The Bertz CT molecular complexity index is 339. The molecule has 15 heavy (non-hydrogen) atoms. The van der Waals surface area contributed by atoms with Gasteiger partial charge in [-0.05, 0) is 25.1 Å². The molecule has 4 N–H and O–H groups in total. The first kappa shape index (κ1) is 11.5. The summed E-state index contributed by atoms with van der Waals surface area (Å²) < 4.78 is 0. The zero-order chi connectivity index (χ0) is 11.3. The quantitative estimate of drug-likeness (QED) is 0.698. The first-order valence-corrected chi connectivity index (χ1v) is 4.93. The Morgan fingerprint density at radius 3 is 2.93 bits per heavy atom. The summed E-state index contributed by atoms with van der Waals surface area (Å²) in [4.78, 5) is 11.6. The number of carbonyl (C=O) groups excluding carboxylic acids is 1. The van der Waals surface area contributed by atoms with E-state index in [0.29, 0.717) is 18.7 Å². The van der Waals surface area contributed by atoms with Crippen molar-refractivity contribution in [3.8, 4) is 5.75 Å². The molecule has 0 fully saturated rings. The van der Waals surface area contributed by atoms with Crippen LogP contribution in [0.25, 0.3) is 0 Å². The van der Waals surface area contributed by atoms with Crippen molar-refractivity contribution in [2.75, 3.05) is 11.9 Å². The van der Waals surface area contributed by atoms with Crippen LogP contribution in [-0.4, -0.2) is 17.6 Å². The van der Waals surface area contributed by atoms with Gasteiger partial charge in [0.1, 0.15) is 5.75 Å². The van der Waals surface area contributed by atoms with Crippen molar-refractivity contribution in [2.45, 2.75) is 13.3 Å². The molecule has 0 spiro atoms. The zero-order valence-electron chi connectivity index (χ0n) is 8.73. The predicted molar refractivity (Wildman–Crippen MR) is 59.6 cm³/mol. The lowest BCUT2D eigenvalue weighted by atomic mass is 10.1. The molecule has 0 saturated heterocycles. The third-order valence-electron chi connectivity index (χ3n) is 2.16. The molecule has 0 aliphatic carbocycles. The Hall–Kier alpha value is -1.55. The number of benzene rings is 1. The number of hydrogen-bond acceptors (Lipinski definition) is 3. The molecule has 0 heterocycles. The Kier molecular flexibility index (Phi) is 4.12. The van der Waals surface area contributed by atoms with Gasteiger partial charge >= 0.3 is 0 Å². The topological polar surface area (TPSA) is 75.4 Å². The Labute approximate surface area is 89.1 Å². The Morgan fingerprint density at radius 1 is 1.60 bits per heavy atom. The average Bonchev–Trinajstić information content (AvgIpc) is 2.18. The number of hydrogen-bond donors (Lipinski definition) is 3. The number of amides is 1. The highest BCUT2D eigenvalue weighted by Crippen LogP contribution is 2.16. The minimum Gasteiger partial charge on any atom is -0.508 e. The van der Waals surface area contributed by atoms with Gasteiger partial charge < -0.3 is 16.2 Å². The lowest BCUT2D eigenvalue weighted by molar-refractivity contribution is -0.119. The molecule has 1 rings (SSSR count). The fourth-order valence-corrected chi connectivity index (χ4v) is 1.23.